The van der Waals surface area contributed by atoms with Crippen LogP contribution in [0.1, 0.15) is 33.6 Å². The average Bonchev–Trinajstić information content (AvgIpc) is 1.85. The Bertz CT molecular complexity index is 74.1. The van der Waals surface area contributed by atoms with Crippen molar-refractivity contribution in [3.8, 4) is 0 Å². The first-order valence-corrected chi connectivity index (χ1v) is 4.20. The van der Waals surface area contributed by atoms with Crippen LogP contribution in [-0.2, 0) is 0 Å². The molecule has 0 spiro atoms. The minimum absolute atomic E-state index is 0.587. The highest BCUT2D eigenvalue weighted by atomic mass is 14.2. The predicted molar refractivity (Wildman–Crippen MR) is 47.4 cm³/mol. The van der Waals surface area contributed by atoms with Gasteiger partial charge >= 0.3 is 0 Å². The fourth-order valence-corrected chi connectivity index (χ4v) is 1.15. The van der Waals surface area contributed by atoms with Crippen LogP contribution in [0.3, 0.4) is 0 Å². The molecule has 0 rings (SSSR count). The fraction of sp³-hybridized carbons (Fsp3) is 0.800. The van der Waals surface area contributed by atoms with E-state index in [-0.39, 0.29) is 0 Å². The molecule has 0 heteroatoms. The Balaban J connectivity index is 3.50. The molecule has 0 aliphatic heterocycles. The van der Waals surface area contributed by atoms with E-state index in [1.165, 1.54) is 6.42 Å². The highest BCUT2D eigenvalue weighted by Gasteiger charge is 2.10. The largest absolute Gasteiger partial charge is 0.0625 e. The number of hydrogen-bond donors (Lipinski definition) is 0. The molecule has 0 aromatic rings. The third-order valence-corrected chi connectivity index (χ3v) is 2.20. The predicted octanol–water partition coefficient (Wildman–Crippen LogP) is 3.34. The third-order valence-electron chi connectivity index (χ3n) is 2.20. The Morgan fingerprint density at radius 3 is 1.90 bits per heavy atom. The van der Waals surface area contributed by atoms with Crippen LogP contribution >= 0.6 is 0 Å². The second-order valence-corrected chi connectivity index (χ2v) is 3.58. The van der Waals surface area contributed by atoms with Crippen molar-refractivity contribution in [1.82, 2.24) is 0 Å². The second-order valence-electron chi connectivity index (χ2n) is 3.58. The molecule has 0 nitrogen and oxygen atoms in total. The van der Waals surface area contributed by atoms with Crippen molar-refractivity contribution in [3.63, 3.8) is 0 Å². The van der Waals surface area contributed by atoms with Gasteiger partial charge in [-0.2, -0.15) is 0 Å². The molecule has 0 aromatic carbocycles. The zero-order valence-corrected chi connectivity index (χ0v) is 7.56. The average molecular weight is 140 g/mol. The summed E-state index contributed by atoms with van der Waals surface area (Å²) in [6.07, 6.45) is 2.28. The summed E-state index contributed by atoms with van der Waals surface area (Å²) in [4.78, 5) is 0. The molecule has 0 N–H and O–H groups in total. The van der Waals surface area contributed by atoms with Crippen molar-refractivity contribution in [2.45, 2.75) is 33.6 Å². The van der Waals surface area contributed by atoms with Crippen molar-refractivity contribution in [2.75, 3.05) is 0 Å². The summed E-state index contributed by atoms with van der Waals surface area (Å²) in [5, 5.41) is 0. The maximum atomic E-state index is 3.97. The summed E-state index contributed by atoms with van der Waals surface area (Å²) < 4.78 is 0. The SMILES string of the molecule is [CH2]CC(C)C(C)CC([CH2])C. The molecule has 3 atom stereocenters. The maximum absolute atomic E-state index is 3.97. The van der Waals surface area contributed by atoms with E-state index in [1.54, 1.807) is 0 Å². The summed E-state index contributed by atoms with van der Waals surface area (Å²) in [6, 6.07) is 0. The van der Waals surface area contributed by atoms with Crippen molar-refractivity contribution in [2.24, 2.45) is 17.8 Å². The molecule has 2 radical (unpaired) electrons. The lowest BCUT2D eigenvalue weighted by atomic mass is 9.87. The first-order chi connectivity index (χ1) is 4.57. The van der Waals surface area contributed by atoms with Gasteiger partial charge in [0.25, 0.3) is 0 Å². The van der Waals surface area contributed by atoms with Gasteiger partial charge in [-0.05, 0) is 24.2 Å². The Labute approximate surface area is 66.0 Å². The highest BCUT2D eigenvalue weighted by molar-refractivity contribution is 4.66. The van der Waals surface area contributed by atoms with Crippen LogP contribution in [0.5, 0.6) is 0 Å². The highest BCUT2D eigenvalue weighted by Crippen LogP contribution is 2.21. The minimum Gasteiger partial charge on any atom is -0.0625 e. The third kappa shape index (κ3) is 3.92. The molecule has 0 saturated heterocycles. The molecule has 10 heavy (non-hydrogen) atoms. The molecule has 60 valence electrons. The van der Waals surface area contributed by atoms with E-state index in [0.29, 0.717) is 5.92 Å². The zero-order chi connectivity index (χ0) is 8.15. The van der Waals surface area contributed by atoms with Gasteiger partial charge in [0, 0.05) is 0 Å². The van der Waals surface area contributed by atoms with Gasteiger partial charge in [0.2, 0.25) is 0 Å². The lowest BCUT2D eigenvalue weighted by molar-refractivity contribution is 0.336. The van der Waals surface area contributed by atoms with Crippen molar-refractivity contribution < 1.29 is 0 Å². The molecular weight excluding hydrogens is 120 g/mol. The van der Waals surface area contributed by atoms with Crippen molar-refractivity contribution >= 4 is 0 Å². The van der Waals surface area contributed by atoms with Gasteiger partial charge in [-0.15, -0.1) is 0 Å². The van der Waals surface area contributed by atoms with Crippen LogP contribution in [0.15, 0.2) is 0 Å². The molecule has 0 aliphatic rings. The van der Waals surface area contributed by atoms with Gasteiger partial charge in [-0.1, -0.05) is 41.0 Å². The van der Waals surface area contributed by atoms with Gasteiger partial charge in [0.15, 0.2) is 0 Å². The Morgan fingerprint density at radius 1 is 1.10 bits per heavy atom. The topological polar surface area (TPSA) is 0 Å². The molecule has 0 bridgehead atoms. The molecule has 3 unspecified atom stereocenters. The van der Waals surface area contributed by atoms with Gasteiger partial charge < -0.3 is 0 Å². The van der Waals surface area contributed by atoms with E-state index in [0.717, 1.165) is 18.3 Å². The minimum atomic E-state index is 0.587. The van der Waals surface area contributed by atoms with Gasteiger partial charge in [0.1, 0.15) is 0 Å². The van der Waals surface area contributed by atoms with Crippen LogP contribution in [0.2, 0.25) is 0 Å². The normalized spacial score (nSPS) is 17.4. The molecule has 0 aliphatic carbocycles. The first kappa shape index (κ1) is 10.0. The van der Waals surface area contributed by atoms with E-state index in [1.807, 2.05) is 0 Å². The molecule has 0 aromatic heterocycles. The lowest BCUT2D eigenvalue weighted by Crippen LogP contribution is -2.09. The van der Waals surface area contributed by atoms with Crippen LogP contribution in [0.25, 0.3) is 0 Å². The maximum Gasteiger partial charge on any atom is -0.0414 e. The molecule has 0 amide bonds. The summed E-state index contributed by atoms with van der Waals surface area (Å²) in [5.41, 5.74) is 0. The van der Waals surface area contributed by atoms with Crippen molar-refractivity contribution in [1.29, 1.82) is 0 Å². The summed E-state index contributed by atoms with van der Waals surface area (Å²) in [7, 11) is 0. The monoisotopic (exact) mass is 140 g/mol. The van der Waals surface area contributed by atoms with E-state index >= 15 is 0 Å². The van der Waals surface area contributed by atoms with Crippen LogP contribution < -0.4 is 0 Å². The van der Waals surface area contributed by atoms with Crippen LogP contribution in [-0.4, -0.2) is 0 Å². The van der Waals surface area contributed by atoms with Gasteiger partial charge in [-0.3, -0.25) is 0 Å². The van der Waals surface area contributed by atoms with Gasteiger partial charge in [0.05, 0.1) is 0 Å². The fourth-order valence-electron chi connectivity index (χ4n) is 1.15. The van der Waals surface area contributed by atoms with Gasteiger partial charge in [-0.25, -0.2) is 0 Å². The first-order valence-electron chi connectivity index (χ1n) is 4.20. The lowest BCUT2D eigenvalue weighted by Gasteiger charge is -2.19. The van der Waals surface area contributed by atoms with Crippen LogP contribution in [0, 0.1) is 31.6 Å². The van der Waals surface area contributed by atoms with Crippen LogP contribution in [0.4, 0.5) is 0 Å². The Morgan fingerprint density at radius 2 is 1.60 bits per heavy atom. The molecule has 0 fully saturated rings. The standard InChI is InChI=1S/C10H20/c1-6-9(4)10(5)7-8(2)3/h8-10H,1-2,6-7H2,3-5H3. The van der Waals surface area contributed by atoms with E-state index < -0.39 is 0 Å². The van der Waals surface area contributed by atoms with E-state index in [4.69, 9.17) is 0 Å². The second kappa shape index (κ2) is 4.76. The van der Waals surface area contributed by atoms with E-state index in [9.17, 15) is 0 Å². The summed E-state index contributed by atoms with van der Waals surface area (Å²) in [5.74, 6) is 2.12. The quantitative estimate of drug-likeness (QED) is 0.562. The zero-order valence-electron chi connectivity index (χ0n) is 7.56. The Hall–Kier alpha value is 0. The summed E-state index contributed by atoms with van der Waals surface area (Å²) >= 11 is 0. The smallest absolute Gasteiger partial charge is 0.0414 e. The Kier molecular flexibility index (Phi) is 4.76. The van der Waals surface area contributed by atoms with E-state index in [2.05, 4.69) is 34.6 Å². The number of hydrogen-bond acceptors (Lipinski definition) is 0. The number of rotatable bonds is 4. The van der Waals surface area contributed by atoms with Crippen molar-refractivity contribution in [3.05, 3.63) is 13.8 Å². The summed E-state index contributed by atoms with van der Waals surface area (Å²) in [6.45, 7) is 14.6. The molecule has 0 heterocycles. The molecule has 0 saturated carbocycles. The molecular formula is C10H20.